The van der Waals surface area contributed by atoms with Crippen LogP contribution in [0.15, 0.2) is 42.5 Å². The zero-order chi connectivity index (χ0) is 20.7. The molecule has 30 heavy (non-hydrogen) atoms. The Balaban J connectivity index is 0.00000256. The number of rotatable bonds is 3. The Morgan fingerprint density at radius 1 is 1.00 bits per heavy atom. The summed E-state index contributed by atoms with van der Waals surface area (Å²) >= 11 is 0. The number of nitrogens with zero attached hydrogens (tertiary/aromatic N) is 2. The predicted octanol–water partition coefficient (Wildman–Crippen LogP) is 4.06. The van der Waals surface area contributed by atoms with Crippen LogP contribution in [0.5, 0.6) is 0 Å². The third kappa shape index (κ3) is 4.09. The summed E-state index contributed by atoms with van der Waals surface area (Å²) in [6.07, 6.45) is 0. The summed E-state index contributed by atoms with van der Waals surface area (Å²) in [4.78, 5) is 29.0. The predicted molar refractivity (Wildman–Crippen MR) is 122 cm³/mol. The number of anilines is 1. The zero-order valence-electron chi connectivity index (χ0n) is 18.0. The van der Waals surface area contributed by atoms with Crippen molar-refractivity contribution in [1.82, 2.24) is 9.80 Å². The van der Waals surface area contributed by atoms with E-state index < -0.39 is 0 Å². The highest BCUT2D eigenvalue weighted by molar-refractivity contribution is 5.97. The summed E-state index contributed by atoms with van der Waals surface area (Å²) in [5, 5.41) is 2.78. The van der Waals surface area contributed by atoms with E-state index in [0.717, 1.165) is 36.4 Å². The molecule has 0 radical (unpaired) electrons. The molecule has 2 aromatic rings. The van der Waals surface area contributed by atoms with Crippen LogP contribution in [0, 0.1) is 25.7 Å². The number of amides is 2. The van der Waals surface area contributed by atoms with Gasteiger partial charge in [-0.2, -0.15) is 0 Å². The second-order valence-electron chi connectivity index (χ2n) is 8.59. The first-order valence-corrected chi connectivity index (χ1v) is 10.3. The highest BCUT2D eigenvalue weighted by atomic mass is 35.5. The van der Waals surface area contributed by atoms with Crippen molar-refractivity contribution in [1.29, 1.82) is 0 Å². The molecule has 160 valence electrons. The van der Waals surface area contributed by atoms with Crippen LogP contribution < -0.4 is 5.32 Å². The van der Waals surface area contributed by atoms with Crippen molar-refractivity contribution >= 4 is 29.9 Å². The van der Waals surface area contributed by atoms with E-state index in [4.69, 9.17) is 0 Å². The van der Waals surface area contributed by atoms with Gasteiger partial charge in [0.1, 0.15) is 0 Å². The fourth-order valence-corrected chi connectivity index (χ4v) is 5.17. The maximum atomic E-state index is 13.2. The monoisotopic (exact) mass is 427 g/mol. The Morgan fingerprint density at radius 3 is 2.40 bits per heavy atom. The highest BCUT2D eigenvalue weighted by Crippen LogP contribution is 2.45. The van der Waals surface area contributed by atoms with Crippen molar-refractivity contribution < 1.29 is 9.59 Å². The number of nitrogens with one attached hydrogen (secondary N) is 1. The summed E-state index contributed by atoms with van der Waals surface area (Å²) < 4.78 is 0. The zero-order valence-corrected chi connectivity index (χ0v) is 18.8. The molecule has 0 unspecified atom stereocenters. The lowest BCUT2D eigenvalue weighted by Gasteiger charge is -2.28. The Bertz CT molecular complexity index is 961. The van der Waals surface area contributed by atoms with Gasteiger partial charge in [-0.15, -0.1) is 12.4 Å². The third-order valence-corrected chi connectivity index (χ3v) is 6.47. The molecule has 5 nitrogen and oxygen atoms in total. The summed E-state index contributed by atoms with van der Waals surface area (Å²) in [5.41, 5.74) is 5.05. The third-order valence-electron chi connectivity index (χ3n) is 6.47. The van der Waals surface area contributed by atoms with E-state index in [-0.39, 0.29) is 24.2 Å². The molecule has 3 atom stereocenters. The molecule has 1 N–H and O–H groups in total. The van der Waals surface area contributed by atoms with Crippen LogP contribution in [0.2, 0.25) is 0 Å². The Labute approximate surface area is 184 Å². The van der Waals surface area contributed by atoms with Crippen LogP contribution in [0.25, 0.3) is 0 Å². The molecule has 2 heterocycles. The van der Waals surface area contributed by atoms with Crippen LogP contribution in [-0.4, -0.2) is 48.3 Å². The number of hydrogen-bond acceptors (Lipinski definition) is 3. The van der Waals surface area contributed by atoms with E-state index in [0.29, 0.717) is 17.9 Å². The van der Waals surface area contributed by atoms with Gasteiger partial charge in [-0.1, -0.05) is 24.3 Å². The second-order valence-corrected chi connectivity index (χ2v) is 8.59. The summed E-state index contributed by atoms with van der Waals surface area (Å²) in [7, 11) is 2.20. The molecular formula is C24H30ClN3O2. The minimum absolute atomic E-state index is 0. The topological polar surface area (TPSA) is 52.7 Å². The maximum Gasteiger partial charge on any atom is 0.254 e. The van der Waals surface area contributed by atoms with Gasteiger partial charge in [0, 0.05) is 49.8 Å². The summed E-state index contributed by atoms with van der Waals surface area (Å²) in [6.45, 7) is 8.21. The molecule has 0 aromatic heterocycles. The first-order valence-electron chi connectivity index (χ1n) is 10.3. The molecule has 0 spiro atoms. The number of likely N-dealkylation sites (tertiary alicyclic amines) is 2. The van der Waals surface area contributed by atoms with E-state index in [1.165, 1.54) is 18.1 Å². The molecule has 0 bridgehead atoms. The van der Waals surface area contributed by atoms with Gasteiger partial charge in [0.05, 0.1) is 0 Å². The molecule has 6 heteroatoms. The van der Waals surface area contributed by atoms with E-state index in [9.17, 15) is 9.59 Å². The quantitative estimate of drug-likeness (QED) is 0.803. The average molecular weight is 428 g/mol. The van der Waals surface area contributed by atoms with E-state index in [2.05, 4.69) is 48.5 Å². The number of carbonyl (C=O) groups excluding carboxylic acids is 2. The Hall–Kier alpha value is -2.37. The second kappa shape index (κ2) is 8.78. The lowest BCUT2D eigenvalue weighted by atomic mass is 9.88. The molecule has 0 saturated carbocycles. The number of hydrogen-bond donors (Lipinski definition) is 1. The standard InChI is InChI=1S/C24H29N3O2.ClH/c1-15-7-5-6-8-20(15)23-22-14-27(13-18(22)12-26(23)4)24(29)21-10-9-19(11-16(21)2)25-17(3)28;/h5-11,18,22-23H,12-14H2,1-4H3,(H,25,28);1H/t18-,22+,23+;/m0./s1. The normalized spacial score (nSPS) is 23.1. The molecular weight excluding hydrogens is 398 g/mol. The van der Waals surface area contributed by atoms with Crippen molar-refractivity contribution in [2.24, 2.45) is 11.8 Å². The van der Waals surface area contributed by atoms with Gasteiger partial charge >= 0.3 is 0 Å². The number of carbonyl (C=O) groups is 2. The highest BCUT2D eigenvalue weighted by Gasteiger charge is 2.47. The van der Waals surface area contributed by atoms with E-state index >= 15 is 0 Å². The first-order chi connectivity index (χ1) is 13.8. The molecule has 2 amide bonds. The molecule has 0 aliphatic carbocycles. The van der Waals surface area contributed by atoms with E-state index in [1.807, 2.05) is 30.0 Å². The van der Waals surface area contributed by atoms with Crippen molar-refractivity contribution in [3.8, 4) is 0 Å². The lowest BCUT2D eigenvalue weighted by molar-refractivity contribution is -0.114. The number of fused-ring (bicyclic) bond motifs is 1. The van der Waals surface area contributed by atoms with Gasteiger partial charge in [-0.05, 0) is 61.7 Å². The van der Waals surface area contributed by atoms with Crippen molar-refractivity contribution in [3.63, 3.8) is 0 Å². The van der Waals surface area contributed by atoms with Gasteiger partial charge in [0.2, 0.25) is 5.91 Å². The molecule has 2 aliphatic rings. The largest absolute Gasteiger partial charge is 0.338 e. The van der Waals surface area contributed by atoms with Crippen LogP contribution in [0.1, 0.15) is 40.0 Å². The van der Waals surface area contributed by atoms with Gasteiger partial charge in [-0.25, -0.2) is 0 Å². The fraction of sp³-hybridized carbons (Fsp3) is 0.417. The average Bonchev–Trinajstić information content (AvgIpc) is 3.18. The lowest BCUT2D eigenvalue weighted by Crippen LogP contribution is -2.34. The van der Waals surface area contributed by atoms with Crippen LogP contribution in [0.4, 0.5) is 5.69 Å². The Morgan fingerprint density at radius 2 is 1.73 bits per heavy atom. The fourth-order valence-electron chi connectivity index (χ4n) is 5.17. The van der Waals surface area contributed by atoms with Crippen molar-refractivity contribution in [2.75, 3.05) is 32.0 Å². The molecule has 2 fully saturated rings. The Kier molecular flexibility index (Phi) is 6.53. The van der Waals surface area contributed by atoms with Gasteiger partial charge in [0.15, 0.2) is 0 Å². The van der Waals surface area contributed by atoms with Crippen molar-refractivity contribution in [2.45, 2.75) is 26.8 Å². The van der Waals surface area contributed by atoms with Gasteiger partial charge in [0.25, 0.3) is 5.91 Å². The first kappa shape index (κ1) is 22.3. The number of halogens is 1. The summed E-state index contributed by atoms with van der Waals surface area (Å²) in [5.74, 6) is 0.955. The number of aryl methyl sites for hydroxylation is 2. The minimum Gasteiger partial charge on any atom is -0.338 e. The van der Waals surface area contributed by atoms with E-state index in [1.54, 1.807) is 0 Å². The van der Waals surface area contributed by atoms with Crippen LogP contribution in [-0.2, 0) is 4.79 Å². The number of benzene rings is 2. The molecule has 4 rings (SSSR count). The molecule has 2 aromatic carbocycles. The smallest absolute Gasteiger partial charge is 0.254 e. The van der Waals surface area contributed by atoms with Crippen LogP contribution >= 0.6 is 12.4 Å². The summed E-state index contributed by atoms with van der Waals surface area (Å²) in [6, 6.07) is 14.5. The van der Waals surface area contributed by atoms with Gasteiger partial charge in [-0.3, -0.25) is 14.5 Å². The van der Waals surface area contributed by atoms with Gasteiger partial charge < -0.3 is 10.2 Å². The van der Waals surface area contributed by atoms with Crippen molar-refractivity contribution in [3.05, 3.63) is 64.7 Å². The molecule has 2 aliphatic heterocycles. The minimum atomic E-state index is -0.109. The van der Waals surface area contributed by atoms with Crippen LogP contribution in [0.3, 0.4) is 0 Å². The maximum absolute atomic E-state index is 13.2. The molecule has 2 saturated heterocycles. The SMILES string of the molecule is CC(=O)Nc1ccc(C(=O)N2C[C@@H]3CN(C)[C@H](c4ccccc4C)[C@@H]3C2)c(C)c1.Cl.